The fraction of sp³-hybridized carbons (Fsp3) is 0.176. The van der Waals surface area contributed by atoms with Crippen LogP contribution in [0.1, 0.15) is 11.5 Å². The first-order valence-electron chi connectivity index (χ1n) is 7.26. The topological polar surface area (TPSA) is 72.2 Å². The maximum Gasteiger partial charge on any atom is 0.229 e. The summed E-state index contributed by atoms with van der Waals surface area (Å²) in [7, 11) is 1.63. The summed E-state index contributed by atoms with van der Waals surface area (Å²) >= 11 is 0. The molecule has 118 valence electrons. The van der Waals surface area contributed by atoms with Gasteiger partial charge in [0.15, 0.2) is 0 Å². The van der Waals surface area contributed by atoms with Crippen molar-refractivity contribution in [3.63, 3.8) is 0 Å². The van der Waals surface area contributed by atoms with Gasteiger partial charge in [0.05, 0.1) is 25.6 Å². The Bertz CT molecular complexity index is 772. The molecule has 6 heteroatoms. The van der Waals surface area contributed by atoms with Gasteiger partial charge >= 0.3 is 0 Å². The van der Waals surface area contributed by atoms with E-state index in [2.05, 4.69) is 20.6 Å². The van der Waals surface area contributed by atoms with E-state index in [1.807, 2.05) is 49.4 Å². The average molecular weight is 310 g/mol. The van der Waals surface area contributed by atoms with Crippen LogP contribution >= 0.6 is 0 Å². The first-order chi connectivity index (χ1) is 11.2. The molecule has 0 spiro atoms. The van der Waals surface area contributed by atoms with Crippen LogP contribution in [0.5, 0.6) is 5.75 Å². The molecule has 0 aliphatic carbocycles. The van der Waals surface area contributed by atoms with Gasteiger partial charge in [-0.05, 0) is 31.2 Å². The van der Waals surface area contributed by atoms with Crippen LogP contribution in [0, 0.1) is 6.92 Å². The number of ether oxygens (including phenoxy) is 1. The van der Waals surface area contributed by atoms with Crippen molar-refractivity contribution in [1.29, 1.82) is 0 Å². The van der Waals surface area contributed by atoms with Crippen LogP contribution in [0.2, 0.25) is 0 Å². The van der Waals surface area contributed by atoms with E-state index in [0.29, 0.717) is 12.5 Å². The van der Waals surface area contributed by atoms with E-state index in [4.69, 9.17) is 9.15 Å². The lowest BCUT2D eigenvalue weighted by Crippen LogP contribution is -2.05. The Balaban J connectivity index is 1.77. The van der Waals surface area contributed by atoms with E-state index in [9.17, 15) is 0 Å². The van der Waals surface area contributed by atoms with E-state index in [0.717, 1.165) is 28.7 Å². The number of aromatic nitrogens is 2. The average Bonchev–Trinajstić information content (AvgIpc) is 3.06. The molecule has 3 aromatic rings. The molecule has 23 heavy (non-hydrogen) atoms. The normalized spacial score (nSPS) is 10.3. The third kappa shape index (κ3) is 3.79. The quantitative estimate of drug-likeness (QED) is 0.722. The van der Waals surface area contributed by atoms with Gasteiger partial charge in [-0.15, -0.1) is 0 Å². The highest BCUT2D eigenvalue weighted by atomic mass is 16.5. The third-order valence-electron chi connectivity index (χ3n) is 3.23. The zero-order valence-electron chi connectivity index (χ0n) is 13.0. The summed E-state index contributed by atoms with van der Waals surface area (Å²) in [4.78, 5) is 8.88. The van der Waals surface area contributed by atoms with Crippen LogP contribution in [-0.4, -0.2) is 17.1 Å². The second-order valence-electron chi connectivity index (χ2n) is 4.98. The van der Waals surface area contributed by atoms with Crippen molar-refractivity contribution in [3.8, 4) is 5.75 Å². The number of rotatable bonds is 6. The molecule has 3 rings (SSSR count). The molecule has 0 fully saturated rings. The molecule has 0 saturated carbocycles. The Morgan fingerprint density at radius 1 is 1.13 bits per heavy atom. The molecule has 0 aliphatic heterocycles. The molecule has 2 N–H and O–H groups in total. The van der Waals surface area contributed by atoms with Crippen molar-refractivity contribution in [3.05, 3.63) is 60.2 Å². The van der Waals surface area contributed by atoms with Gasteiger partial charge in [0.25, 0.3) is 0 Å². The van der Waals surface area contributed by atoms with Crippen molar-refractivity contribution >= 4 is 17.5 Å². The minimum atomic E-state index is 0.511. The first-order valence-corrected chi connectivity index (χ1v) is 7.26. The number of furan rings is 1. The standard InChI is InChI=1S/C17H18N4O2/c1-12-10-16(18-11-13-6-5-9-23-13)21-17(19-12)20-14-7-3-4-8-15(14)22-2/h3-10H,11H2,1-2H3,(H2,18,19,20,21). The number of anilines is 3. The van der Waals surface area contributed by atoms with E-state index < -0.39 is 0 Å². The summed E-state index contributed by atoms with van der Waals surface area (Å²) < 4.78 is 10.6. The second-order valence-corrected chi connectivity index (χ2v) is 4.98. The Morgan fingerprint density at radius 2 is 2.00 bits per heavy atom. The Kier molecular flexibility index (Phi) is 4.42. The number of hydrogen-bond acceptors (Lipinski definition) is 6. The maximum absolute atomic E-state index is 5.33. The largest absolute Gasteiger partial charge is 0.495 e. The van der Waals surface area contributed by atoms with Crippen LogP contribution in [0.3, 0.4) is 0 Å². The van der Waals surface area contributed by atoms with Gasteiger partial charge in [-0.3, -0.25) is 0 Å². The predicted octanol–water partition coefficient (Wildman–Crippen LogP) is 3.74. The van der Waals surface area contributed by atoms with Crippen LogP contribution in [0.15, 0.2) is 53.1 Å². The number of nitrogens with zero attached hydrogens (tertiary/aromatic N) is 2. The number of hydrogen-bond donors (Lipinski definition) is 2. The van der Waals surface area contributed by atoms with E-state index in [1.165, 1.54) is 0 Å². The van der Waals surface area contributed by atoms with E-state index in [1.54, 1.807) is 13.4 Å². The summed E-state index contributed by atoms with van der Waals surface area (Å²) in [6.07, 6.45) is 1.65. The zero-order chi connectivity index (χ0) is 16.1. The number of aryl methyl sites for hydroxylation is 1. The number of para-hydroxylation sites is 2. The van der Waals surface area contributed by atoms with Gasteiger partial charge < -0.3 is 19.8 Å². The zero-order valence-corrected chi connectivity index (χ0v) is 13.0. The molecule has 0 radical (unpaired) electrons. The number of benzene rings is 1. The highest BCUT2D eigenvalue weighted by Gasteiger charge is 2.07. The van der Waals surface area contributed by atoms with Gasteiger partial charge in [-0.2, -0.15) is 4.98 Å². The molecule has 1 aromatic carbocycles. The number of methoxy groups -OCH3 is 1. The Hall–Kier alpha value is -3.02. The monoisotopic (exact) mass is 310 g/mol. The van der Waals surface area contributed by atoms with Crippen LogP contribution in [0.4, 0.5) is 17.5 Å². The van der Waals surface area contributed by atoms with Gasteiger partial charge in [-0.25, -0.2) is 4.98 Å². The fourth-order valence-electron chi connectivity index (χ4n) is 2.17. The van der Waals surface area contributed by atoms with Crippen molar-refractivity contribution in [2.75, 3.05) is 17.7 Å². The lowest BCUT2D eigenvalue weighted by atomic mass is 10.3. The molecular formula is C17H18N4O2. The van der Waals surface area contributed by atoms with E-state index >= 15 is 0 Å². The molecule has 6 nitrogen and oxygen atoms in total. The second kappa shape index (κ2) is 6.83. The number of nitrogens with one attached hydrogen (secondary N) is 2. The van der Waals surface area contributed by atoms with Crippen molar-refractivity contribution in [1.82, 2.24) is 9.97 Å². The molecule has 0 unspecified atom stereocenters. The summed E-state index contributed by atoms with van der Waals surface area (Å²) in [5.74, 6) is 2.82. The highest BCUT2D eigenvalue weighted by Crippen LogP contribution is 2.26. The van der Waals surface area contributed by atoms with Crippen molar-refractivity contribution in [2.45, 2.75) is 13.5 Å². The van der Waals surface area contributed by atoms with E-state index in [-0.39, 0.29) is 0 Å². The highest BCUT2D eigenvalue weighted by molar-refractivity contribution is 5.63. The third-order valence-corrected chi connectivity index (χ3v) is 3.23. The van der Waals surface area contributed by atoms with Gasteiger partial charge in [-0.1, -0.05) is 12.1 Å². The lowest BCUT2D eigenvalue weighted by molar-refractivity contribution is 0.417. The van der Waals surface area contributed by atoms with Gasteiger partial charge in [0, 0.05) is 11.8 Å². The maximum atomic E-state index is 5.33. The summed E-state index contributed by atoms with van der Waals surface area (Å²) in [6, 6.07) is 13.3. The Labute approximate surface area is 134 Å². The SMILES string of the molecule is COc1ccccc1Nc1nc(C)cc(NCc2ccco2)n1. The lowest BCUT2D eigenvalue weighted by Gasteiger charge is -2.11. The summed E-state index contributed by atoms with van der Waals surface area (Å²) in [5, 5.41) is 6.41. The summed E-state index contributed by atoms with van der Waals surface area (Å²) in [5.41, 5.74) is 1.68. The van der Waals surface area contributed by atoms with Crippen molar-refractivity contribution in [2.24, 2.45) is 0 Å². The molecule has 0 aliphatic rings. The molecule has 0 saturated heterocycles. The molecular weight excluding hydrogens is 292 g/mol. The minimum Gasteiger partial charge on any atom is -0.495 e. The molecule has 0 bridgehead atoms. The smallest absolute Gasteiger partial charge is 0.229 e. The van der Waals surface area contributed by atoms with Gasteiger partial charge in [0.2, 0.25) is 5.95 Å². The Morgan fingerprint density at radius 3 is 2.78 bits per heavy atom. The van der Waals surface area contributed by atoms with Crippen molar-refractivity contribution < 1.29 is 9.15 Å². The molecule has 0 atom stereocenters. The predicted molar refractivity (Wildman–Crippen MR) is 89.1 cm³/mol. The minimum absolute atomic E-state index is 0.511. The van der Waals surface area contributed by atoms with Crippen LogP contribution in [-0.2, 0) is 6.54 Å². The summed E-state index contributed by atoms with van der Waals surface area (Å²) in [6.45, 7) is 2.49. The molecule has 2 aromatic heterocycles. The molecule has 0 amide bonds. The van der Waals surface area contributed by atoms with Gasteiger partial charge in [0.1, 0.15) is 17.3 Å². The fourth-order valence-corrected chi connectivity index (χ4v) is 2.17. The molecule has 2 heterocycles. The van der Waals surface area contributed by atoms with Crippen LogP contribution in [0.25, 0.3) is 0 Å². The first kappa shape index (κ1) is 14.9. The van der Waals surface area contributed by atoms with Crippen LogP contribution < -0.4 is 15.4 Å².